The van der Waals surface area contributed by atoms with E-state index < -0.39 is 5.97 Å². The zero-order valence-electron chi connectivity index (χ0n) is 12.3. The number of carboxylic acid groups (broad SMARTS) is 1. The van der Waals surface area contributed by atoms with Gasteiger partial charge in [-0.1, -0.05) is 31.2 Å². The topological polar surface area (TPSA) is 75.1 Å². The molecule has 2 aromatic rings. The Hall–Kier alpha value is -2.43. The molecular weight excluding hydrogens is 266 g/mol. The number of aromatic nitrogens is 2. The molecule has 0 aliphatic rings. The van der Waals surface area contributed by atoms with Gasteiger partial charge in [0.2, 0.25) is 5.95 Å². The van der Waals surface area contributed by atoms with Gasteiger partial charge < -0.3 is 10.4 Å². The maximum absolute atomic E-state index is 10.5. The lowest BCUT2D eigenvalue weighted by Gasteiger charge is -2.08. The second kappa shape index (κ2) is 6.83. The molecule has 0 aliphatic carbocycles. The number of nitrogens with zero attached hydrogens (tertiary/aromatic N) is 2. The van der Waals surface area contributed by atoms with Crippen molar-refractivity contribution in [3.05, 3.63) is 41.6 Å². The highest BCUT2D eigenvalue weighted by molar-refractivity contribution is 5.67. The number of benzene rings is 1. The van der Waals surface area contributed by atoms with Crippen molar-refractivity contribution < 1.29 is 9.90 Å². The predicted molar refractivity (Wildman–Crippen MR) is 82.3 cm³/mol. The molecule has 1 aromatic heterocycles. The van der Waals surface area contributed by atoms with E-state index in [0.29, 0.717) is 12.5 Å². The van der Waals surface area contributed by atoms with E-state index >= 15 is 0 Å². The van der Waals surface area contributed by atoms with E-state index in [2.05, 4.69) is 34.3 Å². The average Bonchev–Trinajstić information content (AvgIpc) is 2.46. The van der Waals surface area contributed by atoms with Crippen LogP contribution >= 0.6 is 0 Å². The van der Waals surface area contributed by atoms with E-state index in [4.69, 9.17) is 5.11 Å². The zero-order chi connectivity index (χ0) is 15.2. The average molecular weight is 285 g/mol. The molecule has 0 saturated heterocycles. The van der Waals surface area contributed by atoms with E-state index in [1.54, 1.807) is 0 Å². The standard InChI is InChI=1S/C16H19N3O2/c1-3-12-4-6-13(7-5-12)14-10-11(2)18-16(19-14)17-9-8-15(20)21/h4-7,10H,3,8-9H2,1-2H3,(H,20,21)(H,17,18,19). The molecule has 0 fully saturated rings. The Labute approximate surface area is 124 Å². The lowest BCUT2D eigenvalue weighted by atomic mass is 10.1. The summed E-state index contributed by atoms with van der Waals surface area (Å²) < 4.78 is 0. The first kappa shape index (κ1) is 15.0. The van der Waals surface area contributed by atoms with Crippen LogP contribution in [0.5, 0.6) is 0 Å². The SMILES string of the molecule is CCc1ccc(-c2cc(C)nc(NCCC(=O)O)n2)cc1. The van der Waals surface area contributed by atoms with Gasteiger partial charge >= 0.3 is 5.97 Å². The molecule has 0 amide bonds. The van der Waals surface area contributed by atoms with Crippen molar-refractivity contribution >= 4 is 11.9 Å². The summed E-state index contributed by atoms with van der Waals surface area (Å²) in [5, 5.41) is 11.6. The minimum atomic E-state index is -0.842. The fourth-order valence-electron chi connectivity index (χ4n) is 1.99. The number of anilines is 1. The summed E-state index contributed by atoms with van der Waals surface area (Å²) in [4.78, 5) is 19.2. The first-order chi connectivity index (χ1) is 10.1. The predicted octanol–water partition coefficient (Wildman–Crippen LogP) is 2.90. The number of nitrogens with one attached hydrogen (secondary N) is 1. The van der Waals surface area contributed by atoms with E-state index in [9.17, 15) is 4.79 Å². The van der Waals surface area contributed by atoms with Gasteiger partial charge in [-0.3, -0.25) is 4.79 Å². The second-order valence-electron chi connectivity index (χ2n) is 4.84. The molecule has 0 spiro atoms. The third-order valence-corrected chi connectivity index (χ3v) is 3.13. The molecule has 5 heteroatoms. The van der Waals surface area contributed by atoms with Crippen LogP contribution in [-0.4, -0.2) is 27.6 Å². The van der Waals surface area contributed by atoms with Gasteiger partial charge in [0.1, 0.15) is 0 Å². The fourth-order valence-corrected chi connectivity index (χ4v) is 1.99. The van der Waals surface area contributed by atoms with Gasteiger partial charge in [-0.2, -0.15) is 0 Å². The highest BCUT2D eigenvalue weighted by atomic mass is 16.4. The number of carboxylic acids is 1. The fraction of sp³-hybridized carbons (Fsp3) is 0.312. The largest absolute Gasteiger partial charge is 0.481 e. The van der Waals surface area contributed by atoms with Gasteiger partial charge in [-0.05, 0) is 25.0 Å². The third kappa shape index (κ3) is 4.27. The molecule has 0 bridgehead atoms. The van der Waals surface area contributed by atoms with Gasteiger partial charge in [0.25, 0.3) is 0 Å². The Morgan fingerprint density at radius 1 is 1.24 bits per heavy atom. The van der Waals surface area contributed by atoms with Crippen LogP contribution in [0.1, 0.15) is 24.6 Å². The number of aliphatic carboxylic acids is 1. The summed E-state index contributed by atoms with van der Waals surface area (Å²) in [6.45, 7) is 4.33. The van der Waals surface area contributed by atoms with E-state index in [-0.39, 0.29) is 6.42 Å². The Kier molecular flexibility index (Phi) is 4.87. The van der Waals surface area contributed by atoms with Gasteiger partial charge in [0, 0.05) is 17.8 Å². The summed E-state index contributed by atoms with van der Waals surface area (Å²) in [5.74, 6) is -0.378. The minimum Gasteiger partial charge on any atom is -0.481 e. The van der Waals surface area contributed by atoms with Crippen molar-refractivity contribution in [2.45, 2.75) is 26.7 Å². The zero-order valence-corrected chi connectivity index (χ0v) is 12.3. The van der Waals surface area contributed by atoms with Gasteiger partial charge in [0.05, 0.1) is 12.1 Å². The van der Waals surface area contributed by atoms with Crippen LogP contribution in [0.25, 0.3) is 11.3 Å². The monoisotopic (exact) mass is 285 g/mol. The number of hydrogen-bond donors (Lipinski definition) is 2. The summed E-state index contributed by atoms with van der Waals surface area (Å²) in [5.41, 5.74) is 3.99. The van der Waals surface area contributed by atoms with Crippen molar-refractivity contribution in [2.24, 2.45) is 0 Å². The van der Waals surface area contributed by atoms with Crippen molar-refractivity contribution in [3.63, 3.8) is 0 Å². The molecule has 0 saturated carbocycles. The molecule has 1 aromatic carbocycles. The van der Waals surface area contributed by atoms with Crippen molar-refractivity contribution in [3.8, 4) is 11.3 Å². The normalized spacial score (nSPS) is 10.4. The number of aryl methyl sites for hydroxylation is 2. The first-order valence-corrected chi connectivity index (χ1v) is 6.99. The molecule has 21 heavy (non-hydrogen) atoms. The number of rotatable bonds is 6. The smallest absolute Gasteiger partial charge is 0.305 e. The molecule has 0 aliphatic heterocycles. The lowest BCUT2D eigenvalue weighted by Crippen LogP contribution is -2.10. The Morgan fingerprint density at radius 2 is 1.95 bits per heavy atom. The van der Waals surface area contributed by atoms with Crippen molar-refractivity contribution in [2.75, 3.05) is 11.9 Å². The summed E-state index contributed by atoms with van der Waals surface area (Å²) >= 11 is 0. The van der Waals surface area contributed by atoms with Crippen molar-refractivity contribution in [1.82, 2.24) is 9.97 Å². The number of hydrogen-bond acceptors (Lipinski definition) is 4. The maximum Gasteiger partial charge on any atom is 0.305 e. The lowest BCUT2D eigenvalue weighted by molar-refractivity contribution is -0.136. The van der Waals surface area contributed by atoms with Crippen LogP contribution in [0.4, 0.5) is 5.95 Å². The molecule has 2 N–H and O–H groups in total. The molecule has 1 heterocycles. The third-order valence-electron chi connectivity index (χ3n) is 3.13. The first-order valence-electron chi connectivity index (χ1n) is 6.99. The molecule has 0 unspecified atom stereocenters. The summed E-state index contributed by atoms with van der Waals surface area (Å²) in [6.07, 6.45) is 1.04. The molecule has 5 nitrogen and oxygen atoms in total. The minimum absolute atomic E-state index is 0.0395. The Morgan fingerprint density at radius 3 is 2.57 bits per heavy atom. The molecule has 0 radical (unpaired) electrons. The maximum atomic E-state index is 10.5. The molecule has 0 atom stereocenters. The van der Waals surface area contributed by atoms with Gasteiger partial charge in [-0.25, -0.2) is 9.97 Å². The van der Waals surface area contributed by atoms with Crippen molar-refractivity contribution in [1.29, 1.82) is 0 Å². The second-order valence-corrected chi connectivity index (χ2v) is 4.84. The van der Waals surface area contributed by atoms with E-state index in [1.165, 1.54) is 5.56 Å². The van der Waals surface area contributed by atoms with Crippen LogP contribution in [0.2, 0.25) is 0 Å². The number of carbonyl (C=O) groups is 1. The van der Waals surface area contributed by atoms with Crippen LogP contribution in [-0.2, 0) is 11.2 Å². The van der Waals surface area contributed by atoms with E-state index in [0.717, 1.165) is 23.4 Å². The van der Waals surface area contributed by atoms with E-state index in [1.807, 2.05) is 25.1 Å². The highest BCUT2D eigenvalue weighted by Gasteiger charge is 2.05. The van der Waals surface area contributed by atoms with Crippen LogP contribution in [0.15, 0.2) is 30.3 Å². The summed E-state index contributed by atoms with van der Waals surface area (Å²) in [6, 6.07) is 10.2. The molecular formula is C16H19N3O2. The van der Waals surface area contributed by atoms with Gasteiger partial charge in [-0.15, -0.1) is 0 Å². The summed E-state index contributed by atoms with van der Waals surface area (Å²) in [7, 11) is 0. The molecule has 2 rings (SSSR count). The quantitative estimate of drug-likeness (QED) is 0.853. The molecule has 110 valence electrons. The van der Waals surface area contributed by atoms with Crippen LogP contribution in [0, 0.1) is 6.92 Å². The Bertz CT molecular complexity index is 624. The van der Waals surface area contributed by atoms with Gasteiger partial charge in [0.15, 0.2) is 0 Å². The highest BCUT2D eigenvalue weighted by Crippen LogP contribution is 2.20. The van der Waals surface area contributed by atoms with Crippen LogP contribution in [0.3, 0.4) is 0 Å². The Balaban J connectivity index is 2.19. The van der Waals surface area contributed by atoms with Crippen LogP contribution < -0.4 is 5.32 Å².